The molecular formula is C17H16FN3O. The number of hydrogen-bond donors (Lipinski definition) is 0. The Kier molecular flexibility index (Phi) is 3.41. The van der Waals surface area contributed by atoms with Crippen molar-refractivity contribution in [2.24, 2.45) is 0 Å². The summed E-state index contributed by atoms with van der Waals surface area (Å²) in [6.45, 7) is 1.68. The first-order chi connectivity index (χ1) is 10.5. The van der Waals surface area contributed by atoms with Gasteiger partial charge in [-0.1, -0.05) is 24.3 Å². The van der Waals surface area contributed by atoms with E-state index in [2.05, 4.69) is 4.98 Å². The van der Waals surface area contributed by atoms with Crippen molar-refractivity contribution in [2.75, 3.05) is 19.0 Å². The summed E-state index contributed by atoms with van der Waals surface area (Å²) >= 11 is 0. The molecule has 0 unspecified atom stereocenters. The molecule has 0 bridgehead atoms. The molecule has 2 aromatic carbocycles. The smallest absolute Gasteiger partial charge is 0.354 e. The number of nitrogens with zero attached hydrogens (tertiary/aromatic N) is 3. The zero-order valence-electron chi connectivity index (χ0n) is 12.7. The monoisotopic (exact) mass is 297 g/mol. The summed E-state index contributed by atoms with van der Waals surface area (Å²) in [6, 6.07) is 12.5. The molecule has 0 N–H and O–H groups in total. The summed E-state index contributed by atoms with van der Waals surface area (Å²) in [6.07, 6.45) is 0. The van der Waals surface area contributed by atoms with Gasteiger partial charge in [0.25, 0.3) is 0 Å². The normalized spacial score (nSPS) is 10.9. The van der Waals surface area contributed by atoms with Crippen LogP contribution in [0.1, 0.15) is 5.56 Å². The van der Waals surface area contributed by atoms with Crippen LogP contribution in [0.25, 0.3) is 16.6 Å². The fraction of sp³-hybridized carbons (Fsp3) is 0.176. The van der Waals surface area contributed by atoms with Crippen LogP contribution in [0.5, 0.6) is 0 Å². The first-order valence-corrected chi connectivity index (χ1v) is 6.95. The quantitative estimate of drug-likeness (QED) is 0.730. The molecule has 0 saturated heterocycles. The third kappa shape index (κ3) is 2.15. The Hall–Kier alpha value is -2.69. The number of benzene rings is 2. The van der Waals surface area contributed by atoms with Crippen molar-refractivity contribution in [3.8, 4) is 5.69 Å². The van der Waals surface area contributed by atoms with Gasteiger partial charge in [0, 0.05) is 19.5 Å². The summed E-state index contributed by atoms with van der Waals surface area (Å²) in [7, 11) is 3.57. The van der Waals surface area contributed by atoms with Gasteiger partial charge in [-0.2, -0.15) is 4.98 Å². The number of fused-ring (bicyclic) bond motifs is 1. The van der Waals surface area contributed by atoms with Gasteiger partial charge in [0.15, 0.2) is 5.82 Å². The molecule has 22 heavy (non-hydrogen) atoms. The fourth-order valence-electron chi connectivity index (χ4n) is 2.52. The van der Waals surface area contributed by atoms with Crippen LogP contribution >= 0.6 is 0 Å². The minimum absolute atomic E-state index is 0.259. The topological polar surface area (TPSA) is 38.1 Å². The maximum Gasteiger partial charge on any atom is 0.354 e. The minimum atomic E-state index is -0.494. The summed E-state index contributed by atoms with van der Waals surface area (Å²) < 4.78 is 16.1. The van der Waals surface area contributed by atoms with E-state index in [-0.39, 0.29) is 5.52 Å². The number of halogens is 1. The van der Waals surface area contributed by atoms with Gasteiger partial charge in [-0.15, -0.1) is 0 Å². The molecule has 0 aliphatic heterocycles. The van der Waals surface area contributed by atoms with Crippen LogP contribution in [-0.4, -0.2) is 23.6 Å². The molecule has 0 aliphatic rings. The summed E-state index contributed by atoms with van der Waals surface area (Å²) in [5, 5.41) is 0.608. The van der Waals surface area contributed by atoms with E-state index >= 15 is 0 Å². The third-order valence-electron chi connectivity index (χ3n) is 3.60. The molecule has 5 heteroatoms. The van der Waals surface area contributed by atoms with Gasteiger partial charge < -0.3 is 4.90 Å². The number of aryl methyl sites for hydroxylation is 1. The molecule has 0 aliphatic carbocycles. The minimum Gasteiger partial charge on any atom is -0.362 e. The van der Waals surface area contributed by atoms with Crippen LogP contribution < -0.4 is 10.6 Å². The van der Waals surface area contributed by atoms with E-state index in [0.29, 0.717) is 22.5 Å². The zero-order chi connectivity index (χ0) is 15.9. The number of aromatic nitrogens is 2. The van der Waals surface area contributed by atoms with Crippen LogP contribution in [0.2, 0.25) is 0 Å². The molecule has 0 fully saturated rings. The lowest BCUT2D eigenvalue weighted by molar-refractivity contribution is 0.623. The van der Waals surface area contributed by atoms with Crippen LogP contribution in [0.3, 0.4) is 0 Å². The lowest BCUT2D eigenvalue weighted by Crippen LogP contribution is -2.26. The molecule has 0 spiro atoms. The van der Waals surface area contributed by atoms with Crippen molar-refractivity contribution in [3.63, 3.8) is 0 Å². The van der Waals surface area contributed by atoms with Gasteiger partial charge in [0.1, 0.15) is 5.82 Å². The number of anilines is 1. The highest BCUT2D eigenvalue weighted by Gasteiger charge is 2.17. The molecule has 1 heterocycles. The Balaban J connectivity index is 2.53. The third-order valence-corrected chi connectivity index (χ3v) is 3.60. The molecule has 0 radical (unpaired) electrons. The molecular weight excluding hydrogens is 281 g/mol. The summed E-state index contributed by atoms with van der Waals surface area (Å²) in [4.78, 5) is 18.3. The van der Waals surface area contributed by atoms with E-state index < -0.39 is 11.5 Å². The average molecular weight is 297 g/mol. The Morgan fingerprint density at radius 1 is 1.09 bits per heavy atom. The van der Waals surface area contributed by atoms with E-state index in [1.54, 1.807) is 62.3 Å². The highest BCUT2D eigenvalue weighted by molar-refractivity contribution is 5.91. The Labute approximate surface area is 127 Å². The maximum absolute atomic E-state index is 14.8. The fourth-order valence-corrected chi connectivity index (χ4v) is 2.52. The van der Waals surface area contributed by atoms with Gasteiger partial charge in [-0.05, 0) is 30.7 Å². The van der Waals surface area contributed by atoms with Crippen molar-refractivity contribution in [2.45, 2.75) is 6.92 Å². The molecule has 4 nitrogen and oxygen atoms in total. The molecule has 112 valence electrons. The molecule has 1 aromatic heterocycles. The van der Waals surface area contributed by atoms with Gasteiger partial charge in [-0.25, -0.2) is 9.18 Å². The van der Waals surface area contributed by atoms with Crippen molar-refractivity contribution in [3.05, 3.63) is 64.3 Å². The van der Waals surface area contributed by atoms with Gasteiger partial charge in [-0.3, -0.25) is 4.57 Å². The first kappa shape index (κ1) is 14.3. The standard InChI is InChI=1S/C17H16FN3O/c1-11-9-10-13-15(14(11)18)21(12-7-5-4-6-8-12)17(22)19-16(13)20(2)3/h4-10H,1-3H3. The Bertz CT molecular complexity index is 901. The lowest BCUT2D eigenvalue weighted by atomic mass is 10.1. The lowest BCUT2D eigenvalue weighted by Gasteiger charge is -2.18. The number of rotatable bonds is 2. The second-order valence-electron chi connectivity index (χ2n) is 5.38. The summed E-state index contributed by atoms with van der Waals surface area (Å²) in [5.41, 5.74) is 0.856. The van der Waals surface area contributed by atoms with E-state index in [4.69, 9.17) is 0 Å². The highest BCUT2D eigenvalue weighted by atomic mass is 19.1. The van der Waals surface area contributed by atoms with E-state index in [1.807, 2.05) is 6.07 Å². The SMILES string of the molecule is Cc1ccc2c(N(C)C)nc(=O)n(-c3ccccc3)c2c1F. The van der Waals surface area contributed by atoms with E-state index in [1.165, 1.54) is 4.57 Å². The van der Waals surface area contributed by atoms with Crippen LogP contribution in [-0.2, 0) is 0 Å². The number of para-hydroxylation sites is 1. The van der Waals surface area contributed by atoms with E-state index in [0.717, 1.165) is 0 Å². The van der Waals surface area contributed by atoms with E-state index in [9.17, 15) is 9.18 Å². The molecule has 0 saturated carbocycles. The van der Waals surface area contributed by atoms with Crippen LogP contribution in [0, 0.1) is 12.7 Å². The average Bonchev–Trinajstić information content (AvgIpc) is 2.51. The predicted molar refractivity (Wildman–Crippen MR) is 86.4 cm³/mol. The van der Waals surface area contributed by atoms with Crippen molar-refractivity contribution in [1.29, 1.82) is 0 Å². The Morgan fingerprint density at radius 3 is 2.41 bits per heavy atom. The second-order valence-corrected chi connectivity index (χ2v) is 5.38. The summed E-state index contributed by atoms with van der Waals surface area (Å²) in [5.74, 6) is 0.0648. The number of hydrogen-bond acceptors (Lipinski definition) is 3. The largest absolute Gasteiger partial charge is 0.362 e. The van der Waals surface area contributed by atoms with Crippen molar-refractivity contribution >= 4 is 16.7 Å². The van der Waals surface area contributed by atoms with Crippen molar-refractivity contribution in [1.82, 2.24) is 9.55 Å². The molecule has 3 rings (SSSR count). The van der Waals surface area contributed by atoms with Crippen LogP contribution in [0.4, 0.5) is 10.2 Å². The second kappa shape index (κ2) is 5.26. The van der Waals surface area contributed by atoms with Crippen LogP contribution in [0.15, 0.2) is 47.3 Å². The molecule has 0 atom stereocenters. The van der Waals surface area contributed by atoms with Gasteiger partial charge in [0.2, 0.25) is 0 Å². The molecule has 0 amide bonds. The first-order valence-electron chi connectivity index (χ1n) is 6.95. The Morgan fingerprint density at radius 2 is 1.77 bits per heavy atom. The van der Waals surface area contributed by atoms with Crippen molar-refractivity contribution < 1.29 is 4.39 Å². The van der Waals surface area contributed by atoms with Gasteiger partial charge in [0.05, 0.1) is 11.2 Å². The molecule has 3 aromatic rings. The predicted octanol–water partition coefficient (Wildman–Crippen LogP) is 2.90. The maximum atomic E-state index is 14.8. The highest BCUT2D eigenvalue weighted by Crippen LogP contribution is 2.27. The zero-order valence-corrected chi connectivity index (χ0v) is 12.7. The van der Waals surface area contributed by atoms with Gasteiger partial charge >= 0.3 is 5.69 Å².